The minimum absolute atomic E-state index is 0.748. The smallest absolute Gasteiger partial charge is 0.176 e. The topological polar surface area (TPSA) is 9.23 Å². The van der Waals surface area contributed by atoms with Crippen LogP contribution in [-0.2, 0) is 4.43 Å². The Hall–Kier alpha value is 0.177. The highest BCUT2D eigenvalue weighted by molar-refractivity contribution is 6.51. The van der Waals surface area contributed by atoms with Crippen molar-refractivity contribution >= 4 is 9.04 Å². The maximum absolute atomic E-state index is 5.49. The average Bonchev–Trinajstić information content (AvgIpc) is 2.05. The molecule has 11 heavy (non-hydrogen) atoms. The zero-order valence-corrected chi connectivity index (χ0v) is 9.38. The van der Waals surface area contributed by atoms with Crippen LogP contribution < -0.4 is 0 Å². The molecule has 0 rings (SSSR count). The molecule has 0 N–H and O–H groups in total. The van der Waals surface area contributed by atoms with Crippen LogP contribution in [0, 0.1) is 0 Å². The first-order valence-corrected chi connectivity index (χ1v) is 6.98. The first-order chi connectivity index (χ1) is 5.35. The Morgan fingerprint density at radius 2 is 1.45 bits per heavy atom. The molecular weight excluding hydrogens is 152 g/mol. The third-order valence-corrected chi connectivity index (χ3v) is 4.86. The fraction of sp³-hybridized carbons (Fsp3) is 1.00. The maximum Gasteiger partial charge on any atom is 0.176 e. The molecule has 0 aliphatic heterocycles. The van der Waals surface area contributed by atoms with E-state index < -0.39 is 9.04 Å². The molecule has 0 amide bonds. The van der Waals surface area contributed by atoms with E-state index in [1.807, 2.05) is 7.11 Å². The van der Waals surface area contributed by atoms with Crippen molar-refractivity contribution in [2.75, 3.05) is 7.11 Å². The lowest BCUT2D eigenvalue weighted by Crippen LogP contribution is -2.14. The van der Waals surface area contributed by atoms with Gasteiger partial charge in [-0.3, -0.25) is 0 Å². The van der Waals surface area contributed by atoms with Gasteiger partial charge in [0.05, 0.1) is 0 Å². The van der Waals surface area contributed by atoms with Gasteiger partial charge in [-0.1, -0.05) is 39.5 Å². The maximum atomic E-state index is 5.49. The van der Waals surface area contributed by atoms with Gasteiger partial charge in [0.15, 0.2) is 9.04 Å². The Labute approximate surface area is 72.9 Å². The van der Waals surface area contributed by atoms with Gasteiger partial charge in [-0.15, -0.1) is 0 Å². The molecule has 0 heterocycles. The molecule has 0 aliphatic rings. The molecule has 1 nitrogen and oxygen atoms in total. The van der Waals surface area contributed by atoms with E-state index in [-0.39, 0.29) is 0 Å². The highest BCUT2D eigenvalue weighted by atomic mass is 28.3. The van der Waals surface area contributed by atoms with E-state index in [0.717, 1.165) is 0 Å². The van der Waals surface area contributed by atoms with Crippen molar-refractivity contribution in [2.45, 2.75) is 51.6 Å². The van der Waals surface area contributed by atoms with Crippen molar-refractivity contribution < 1.29 is 4.43 Å². The summed E-state index contributed by atoms with van der Waals surface area (Å²) in [7, 11) is 1.14. The van der Waals surface area contributed by atoms with Crippen LogP contribution in [0.5, 0.6) is 0 Å². The predicted molar refractivity (Wildman–Crippen MR) is 53.6 cm³/mol. The summed E-state index contributed by atoms with van der Waals surface area (Å²) in [4.78, 5) is 0. The van der Waals surface area contributed by atoms with E-state index in [0.29, 0.717) is 0 Å². The SMILES string of the molecule is CCCC[SiH](CCCC)OC. The zero-order valence-electron chi connectivity index (χ0n) is 8.23. The lowest BCUT2D eigenvalue weighted by molar-refractivity contribution is 0.414. The second-order valence-corrected chi connectivity index (χ2v) is 6.01. The van der Waals surface area contributed by atoms with Crippen LogP contribution in [0.25, 0.3) is 0 Å². The van der Waals surface area contributed by atoms with Crippen LogP contribution in [0.4, 0.5) is 0 Å². The molecule has 0 radical (unpaired) electrons. The largest absolute Gasteiger partial charge is 0.423 e. The minimum Gasteiger partial charge on any atom is -0.423 e. The number of hydrogen-bond donors (Lipinski definition) is 0. The van der Waals surface area contributed by atoms with Gasteiger partial charge in [-0.2, -0.15) is 0 Å². The van der Waals surface area contributed by atoms with Gasteiger partial charge < -0.3 is 4.43 Å². The van der Waals surface area contributed by atoms with Crippen molar-refractivity contribution in [1.82, 2.24) is 0 Å². The van der Waals surface area contributed by atoms with E-state index in [1.165, 1.54) is 37.8 Å². The minimum atomic E-state index is -0.748. The summed E-state index contributed by atoms with van der Waals surface area (Å²) >= 11 is 0. The predicted octanol–water partition coefficient (Wildman–Crippen LogP) is 2.96. The van der Waals surface area contributed by atoms with Crippen LogP contribution in [-0.4, -0.2) is 16.2 Å². The molecule has 68 valence electrons. The average molecular weight is 174 g/mol. The summed E-state index contributed by atoms with van der Waals surface area (Å²) in [5, 5.41) is 0. The Morgan fingerprint density at radius 1 is 1.00 bits per heavy atom. The van der Waals surface area contributed by atoms with E-state index in [9.17, 15) is 0 Å². The van der Waals surface area contributed by atoms with E-state index >= 15 is 0 Å². The van der Waals surface area contributed by atoms with Gasteiger partial charge in [0, 0.05) is 7.11 Å². The van der Waals surface area contributed by atoms with Crippen molar-refractivity contribution in [1.29, 1.82) is 0 Å². The third kappa shape index (κ3) is 6.57. The summed E-state index contributed by atoms with van der Waals surface area (Å²) < 4.78 is 5.49. The summed E-state index contributed by atoms with van der Waals surface area (Å²) in [6.07, 6.45) is 5.38. The normalized spacial score (nSPS) is 10.9. The zero-order chi connectivity index (χ0) is 8.53. The number of rotatable bonds is 7. The van der Waals surface area contributed by atoms with Gasteiger partial charge in [0.25, 0.3) is 0 Å². The fourth-order valence-electron chi connectivity index (χ4n) is 1.24. The third-order valence-electron chi connectivity index (χ3n) is 2.09. The van der Waals surface area contributed by atoms with E-state index in [4.69, 9.17) is 4.43 Å². The van der Waals surface area contributed by atoms with Crippen LogP contribution in [0.15, 0.2) is 0 Å². The van der Waals surface area contributed by atoms with Crippen LogP contribution in [0.2, 0.25) is 12.1 Å². The van der Waals surface area contributed by atoms with Crippen molar-refractivity contribution in [2.24, 2.45) is 0 Å². The standard InChI is InChI=1S/C9H22OSi/c1-4-6-8-11(10-3)9-7-5-2/h11H,4-9H2,1-3H3. The first-order valence-electron chi connectivity index (χ1n) is 4.87. The van der Waals surface area contributed by atoms with Crippen LogP contribution in [0.1, 0.15) is 39.5 Å². The van der Waals surface area contributed by atoms with Crippen molar-refractivity contribution in [3.63, 3.8) is 0 Å². The number of unbranched alkanes of at least 4 members (excludes halogenated alkanes) is 2. The lowest BCUT2D eigenvalue weighted by atomic mass is 10.4. The van der Waals surface area contributed by atoms with Crippen molar-refractivity contribution in [3.05, 3.63) is 0 Å². The Morgan fingerprint density at radius 3 is 1.73 bits per heavy atom. The van der Waals surface area contributed by atoms with Gasteiger partial charge in [-0.25, -0.2) is 0 Å². The van der Waals surface area contributed by atoms with Gasteiger partial charge in [-0.05, 0) is 12.1 Å². The summed E-state index contributed by atoms with van der Waals surface area (Å²) in [6, 6.07) is 2.76. The number of hydrogen-bond acceptors (Lipinski definition) is 1. The molecule has 0 saturated carbocycles. The molecule has 0 aromatic rings. The molecule has 0 bridgehead atoms. The summed E-state index contributed by atoms with van der Waals surface area (Å²) in [5.41, 5.74) is 0. The van der Waals surface area contributed by atoms with Crippen molar-refractivity contribution in [3.8, 4) is 0 Å². The molecular formula is C9H22OSi. The Kier molecular flexibility index (Phi) is 8.41. The first kappa shape index (κ1) is 11.2. The molecule has 0 aliphatic carbocycles. The van der Waals surface area contributed by atoms with Gasteiger partial charge >= 0.3 is 0 Å². The molecule has 0 fully saturated rings. The summed E-state index contributed by atoms with van der Waals surface area (Å²) in [5.74, 6) is 0. The Bertz CT molecular complexity index is 68.0. The highest BCUT2D eigenvalue weighted by Crippen LogP contribution is 2.09. The monoisotopic (exact) mass is 174 g/mol. The summed E-state index contributed by atoms with van der Waals surface area (Å²) in [6.45, 7) is 4.50. The second kappa shape index (κ2) is 8.28. The second-order valence-electron chi connectivity index (χ2n) is 3.14. The Balaban J connectivity index is 3.25. The molecule has 0 unspecified atom stereocenters. The lowest BCUT2D eigenvalue weighted by Gasteiger charge is -2.11. The van der Waals surface area contributed by atoms with Gasteiger partial charge in [0.1, 0.15) is 0 Å². The fourth-order valence-corrected chi connectivity index (χ4v) is 3.73. The molecule has 0 atom stereocenters. The molecule has 0 aromatic heterocycles. The highest BCUT2D eigenvalue weighted by Gasteiger charge is 2.07. The molecule has 0 aromatic carbocycles. The van der Waals surface area contributed by atoms with Gasteiger partial charge in [0.2, 0.25) is 0 Å². The molecule has 0 spiro atoms. The molecule has 2 heteroatoms. The molecule has 0 saturated heterocycles. The van der Waals surface area contributed by atoms with Crippen LogP contribution >= 0.6 is 0 Å². The van der Waals surface area contributed by atoms with E-state index in [1.54, 1.807) is 0 Å². The van der Waals surface area contributed by atoms with Crippen LogP contribution in [0.3, 0.4) is 0 Å². The van der Waals surface area contributed by atoms with E-state index in [2.05, 4.69) is 13.8 Å². The quantitative estimate of drug-likeness (QED) is 0.539.